The lowest BCUT2D eigenvalue weighted by atomic mass is 10.2. The van der Waals surface area contributed by atoms with E-state index in [2.05, 4.69) is 20.7 Å². The van der Waals surface area contributed by atoms with Crippen LogP contribution >= 0.6 is 0 Å². The number of nitrogen functional groups attached to an aromatic ring is 1. The molecule has 1 aromatic rings. The zero-order valence-electron chi connectivity index (χ0n) is 10.9. The first-order valence-electron chi connectivity index (χ1n) is 6.38. The van der Waals surface area contributed by atoms with E-state index in [1.807, 2.05) is 13.8 Å². The average Bonchev–Trinajstić information content (AvgIpc) is 3.16. The highest BCUT2D eigenvalue weighted by molar-refractivity contribution is 5.57. The summed E-state index contributed by atoms with van der Waals surface area (Å²) in [4.78, 5) is 9.00. The highest BCUT2D eigenvalue weighted by Gasteiger charge is 2.28. The summed E-state index contributed by atoms with van der Waals surface area (Å²) < 4.78 is 0. The Balaban J connectivity index is 2.23. The first-order valence-corrected chi connectivity index (χ1v) is 6.38. The third-order valence-corrected chi connectivity index (χ3v) is 3.19. The van der Waals surface area contributed by atoms with Crippen molar-refractivity contribution in [3.63, 3.8) is 0 Å². The molecule has 1 unspecified atom stereocenters. The number of nitrogens with two attached hydrogens (primary N) is 1. The van der Waals surface area contributed by atoms with E-state index < -0.39 is 0 Å². The number of nitrogens with zero attached hydrogens (tertiary/aromatic N) is 2. The van der Waals surface area contributed by atoms with E-state index in [0.717, 1.165) is 30.0 Å². The van der Waals surface area contributed by atoms with Crippen LogP contribution in [0.4, 0.5) is 11.6 Å². The third kappa shape index (κ3) is 2.88. The van der Waals surface area contributed by atoms with Crippen LogP contribution in [0.2, 0.25) is 0 Å². The molecule has 2 rings (SSSR count). The topological polar surface area (TPSA) is 96.1 Å². The van der Waals surface area contributed by atoms with Gasteiger partial charge in [0.15, 0.2) is 0 Å². The van der Waals surface area contributed by atoms with Crippen molar-refractivity contribution in [1.82, 2.24) is 9.97 Å². The van der Waals surface area contributed by atoms with Crippen molar-refractivity contribution in [3.8, 4) is 0 Å². The second-order valence-electron chi connectivity index (χ2n) is 4.88. The molecule has 0 aliphatic heterocycles. The molecule has 100 valence electrons. The van der Waals surface area contributed by atoms with Crippen molar-refractivity contribution >= 4 is 11.6 Å². The fourth-order valence-corrected chi connectivity index (χ4v) is 1.84. The number of rotatable bonds is 6. The molecule has 0 bridgehead atoms. The Labute approximate surface area is 107 Å². The van der Waals surface area contributed by atoms with Gasteiger partial charge in [0.05, 0.1) is 0 Å². The zero-order valence-corrected chi connectivity index (χ0v) is 10.9. The molecule has 0 aromatic carbocycles. The van der Waals surface area contributed by atoms with Gasteiger partial charge in [-0.15, -0.1) is 0 Å². The van der Waals surface area contributed by atoms with Crippen molar-refractivity contribution in [3.05, 3.63) is 11.4 Å². The maximum Gasteiger partial charge on any atom is 0.148 e. The molecule has 18 heavy (non-hydrogen) atoms. The third-order valence-electron chi connectivity index (χ3n) is 3.19. The molecule has 1 atom stereocenters. The van der Waals surface area contributed by atoms with E-state index in [1.54, 1.807) is 0 Å². The largest absolute Gasteiger partial charge is 0.396 e. The van der Waals surface area contributed by atoms with Crippen LogP contribution in [0.5, 0.6) is 0 Å². The highest BCUT2D eigenvalue weighted by atomic mass is 16.3. The monoisotopic (exact) mass is 251 g/mol. The fraction of sp³-hybridized carbons (Fsp3) is 0.667. The molecule has 0 amide bonds. The van der Waals surface area contributed by atoms with E-state index >= 15 is 0 Å². The summed E-state index contributed by atoms with van der Waals surface area (Å²) in [5.41, 5.74) is 3.53. The number of aliphatic hydroxyl groups is 1. The van der Waals surface area contributed by atoms with Gasteiger partial charge in [-0.1, -0.05) is 0 Å². The second-order valence-corrected chi connectivity index (χ2v) is 4.88. The number of hydrogen-bond donors (Lipinski definition) is 4. The van der Waals surface area contributed by atoms with Gasteiger partial charge in [-0.25, -0.2) is 15.8 Å². The van der Waals surface area contributed by atoms with Crippen LogP contribution in [-0.4, -0.2) is 27.7 Å². The number of hydrazine groups is 1. The summed E-state index contributed by atoms with van der Waals surface area (Å²) in [6.45, 7) is 4.11. The van der Waals surface area contributed by atoms with Crippen molar-refractivity contribution in [2.24, 2.45) is 5.84 Å². The number of hydrogen-bond acceptors (Lipinski definition) is 6. The lowest BCUT2D eigenvalue weighted by molar-refractivity contribution is 0.282. The van der Waals surface area contributed by atoms with Crippen LogP contribution in [0.25, 0.3) is 0 Å². The van der Waals surface area contributed by atoms with Crippen molar-refractivity contribution < 1.29 is 5.11 Å². The Hall–Kier alpha value is -1.40. The summed E-state index contributed by atoms with van der Waals surface area (Å²) in [6.07, 6.45) is 2.99. The van der Waals surface area contributed by atoms with Crippen LogP contribution in [0.3, 0.4) is 0 Å². The van der Waals surface area contributed by atoms with Crippen LogP contribution < -0.4 is 16.6 Å². The van der Waals surface area contributed by atoms with Gasteiger partial charge in [-0.05, 0) is 33.1 Å². The van der Waals surface area contributed by atoms with E-state index in [1.165, 1.54) is 0 Å². The summed E-state index contributed by atoms with van der Waals surface area (Å²) in [6, 6.07) is 0.168. The van der Waals surface area contributed by atoms with Gasteiger partial charge in [0.2, 0.25) is 0 Å². The minimum absolute atomic E-state index is 0.162. The second kappa shape index (κ2) is 5.49. The molecule has 0 spiro atoms. The molecule has 1 fully saturated rings. The van der Waals surface area contributed by atoms with Gasteiger partial charge in [0.1, 0.15) is 17.5 Å². The molecule has 1 heterocycles. The molecule has 6 heteroatoms. The number of aromatic nitrogens is 2. The Bertz CT molecular complexity index is 419. The predicted molar refractivity (Wildman–Crippen MR) is 71.3 cm³/mol. The van der Waals surface area contributed by atoms with Gasteiger partial charge >= 0.3 is 0 Å². The number of nitrogens with one attached hydrogen (secondary N) is 2. The Morgan fingerprint density at radius 3 is 2.61 bits per heavy atom. The quantitative estimate of drug-likeness (QED) is 0.447. The molecule has 5 N–H and O–H groups in total. The number of anilines is 2. The van der Waals surface area contributed by atoms with Crippen LogP contribution in [0.15, 0.2) is 0 Å². The summed E-state index contributed by atoms with van der Waals surface area (Å²) in [7, 11) is 0. The fourth-order valence-electron chi connectivity index (χ4n) is 1.84. The Kier molecular flexibility index (Phi) is 3.98. The van der Waals surface area contributed by atoms with Crippen molar-refractivity contribution in [1.29, 1.82) is 0 Å². The van der Waals surface area contributed by atoms with Gasteiger partial charge in [-0.3, -0.25) is 0 Å². The zero-order chi connectivity index (χ0) is 13.1. The van der Waals surface area contributed by atoms with Gasteiger partial charge in [-0.2, -0.15) is 0 Å². The summed E-state index contributed by atoms with van der Waals surface area (Å²) in [5.74, 6) is 8.30. The normalized spacial score (nSPS) is 16.4. The SMILES string of the molecule is Cc1c(NN)nc(C2CC2)nc1NC(C)CCO. The van der Waals surface area contributed by atoms with E-state index in [4.69, 9.17) is 10.9 Å². The Morgan fingerprint density at radius 1 is 1.39 bits per heavy atom. The molecule has 1 aliphatic carbocycles. The highest BCUT2D eigenvalue weighted by Crippen LogP contribution is 2.39. The van der Waals surface area contributed by atoms with E-state index in [-0.39, 0.29) is 12.6 Å². The molecular weight excluding hydrogens is 230 g/mol. The maximum atomic E-state index is 8.93. The minimum Gasteiger partial charge on any atom is -0.396 e. The smallest absolute Gasteiger partial charge is 0.148 e. The number of aliphatic hydroxyl groups excluding tert-OH is 1. The van der Waals surface area contributed by atoms with E-state index in [9.17, 15) is 0 Å². The van der Waals surface area contributed by atoms with E-state index in [0.29, 0.717) is 18.2 Å². The summed E-state index contributed by atoms with van der Waals surface area (Å²) >= 11 is 0. The molecule has 0 saturated heterocycles. The maximum absolute atomic E-state index is 8.93. The lowest BCUT2D eigenvalue weighted by Gasteiger charge is -2.17. The van der Waals surface area contributed by atoms with Crippen molar-refractivity contribution in [2.45, 2.75) is 45.1 Å². The average molecular weight is 251 g/mol. The van der Waals surface area contributed by atoms with Gasteiger partial charge < -0.3 is 15.8 Å². The Morgan fingerprint density at radius 2 is 2.06 bits per heavy atom. The molecule has 1 aromatic heterocycles. The molecular formula is C12H21N5O. The standard InChI is InChI=1S/C12H21N5O/c1-7(5-6-18)14-10-8(2)11(17-13)16-12(15-10)9-3-4-9/h7,9,18H,3-6,13H2,1-2H3,(H2,14,15,16,17). The minimum atomic E-state index is 0.162. The first-order chi connectivity index (χ1) is 8.65. The molecule has 1 aliphatic rings. The van der Waals surface area contributed by atoms with Crippen LogP contribution in [0.1, 0.15) is 43.5 Å². The molecule has 0 radical (unpaired) electrons. The molecule has 1 saturated carbocycles. The molecule has 6 nitrogen and oxygen atoms in total. The predicted octanol–water partition coefficient (Wildman–Crippen LogP) is 1.13. The van der Waals surface area contributed by atoms with Crippen LogP contribution in [-0.2, 0) is 0 Å². The first kappa shape index (κ1) is 13.0. The van der Waals surface area contributed by atoms with Crippen LogP contribution in [0, 0.1) is 6.92 Å². The summed E-state index contributed by atoms with van der Waals surface area (Å²) in [5, 5.41) is 12.2. The van der Waals surface area contributed by atoms with Gasteiger partial charge in [0, 0.05) is 24.1 Å². The van der Waals surface area contributed by atoms with Crippen molar-refractivity contribution in [2.75, 3.05) is 17.3 Å². The van der Waals surface area contributed by atoms with Gasteiger partial charge in [0.25, 0.3) is 0 Å². The lowest BCUT2D eigenvalue weighted by Crippen LogP contribution is -2.20.